The van der Waals surface area contributed by atoms with Crippen molar-refractivity contribution < 1.29 is 4.79 Å². The van der Waals surface area contributed by atoms with Gasteiger partial charge in [0.25, 0.3) is 0 Å². The third kappa shape index (κ3) is 1.78. The molecule has 0 unspecified atom stereocenters. The van der Waals surface area contributed by atoms with Gasteiger partial charge in [-0.1, -0.05) is 0 Å². The molecule has 3 N–H and O–H groups in total. The number of rotatable bonds is 2. The summed E-state index contributed by atoms with van der Waals surface area (Å²) in [7, 11) is 0. The zero-order valence-corrected chi connectivity index (χ0v) is 6.02. The van der Waals surface area contributed by atoms with Gasteiger partial charge < -0.3 is 11.1 Å². The van der Waals surface area contributed by atoms with Crippen molar-refractivity contribution in [3.05, 3.63) is 11.6 Å². The van der Waals surface area contributed by atoms with Crippen LogP contribution in [0.4, 0.5) is 5.13 Å². The summed E-state index contributed by atoms with van der Waals surface area (Å²) in [5.41, 5.74) is 5.05. The number of nitrogens with zero attached hydrogens (tertiary/aromatic N) is 1. The molecule has 0 atom stereocenters. The number of thiazole rings is 1. The molecule has 0 aliphatic carbocycles. The molecule has 10 heavy (non-hydrogen) atoms. The Morgan fingerprint density at radius 2 is 2.70 bits per heavy atom. The van der Waals surface area contributed by atoms with Crippen LogP contribution in [0.25, 0.3) is 0 Å². The maximum atomic E-state index is 10.6. The zero-order chi connectivity index (χ0) is 7.40. The lowest BCUT2D eigenvalue weighted by atomic mass is 10.6. The van der Waals surface area contributed by atoms with Crippen molar-refractivity contribution in [2.24, 2.45) is 5.73 Å². The summed E-state index contributed by atoms with van der Waals surface area (Å²) in [6.45, 7) is -0.000417. The number of anilines is 1. The molecule has 1 aromatic rings. The van der Waals surface area contributed by atoms with Crippen LogP contribution in [0.5, 0.6) is 0 Å². The molecule has 4 nitrogen and oxygen atoms in total. The van der Waals surface area contributed by atoms with E-state index in [2.05, 4.69) is 10.3 Å². The Hall–Kier alpha value is -0.940. The second kappa shape index (κ2) is 3.28. The molecule has 0 aromatic carbocycles. The molecule has 1 aromatic heterocycles. The minimum Gasteiger partial charge on any atom is -0.322 e. The molecular weight excluding hydrogens is 150 g/mol. The minimum absolute atomic E-state index is 0.000417. The van der Waals surface area contributed by atoms with Crippen LogP contribution in [0.15, 0.2) is 11.6 Å². The minimum atomic E-state index is -0.213. The standard InChI is InChI=1S/C5H7N3OS/c6-3-4(9)8-5-7-1-2-10-5/h1-2H,3,6H2,(H,7,8,9). The summed E-state index contributed by atoms with van der Waals surface area (Å²) in [5.74, 6) is -0.213. The molecule has 0 aliphatic heterocycles. The van der Waals surface area contributed by atoms with Crippen LogP contribution in [0.2, 0.25) is 0 Å². The second-order valence-corrected chi connectivity index (χ2v) is 2.48. The lowest BCUT2D eigenvalue weighted by molar-refractivity contribution is -0.114. The quantitative estimate of drug-likeness (QED) is 0.637. The van der Waals surface area contributed by atoms with Gasteiger partial charge in [-0.25, -0.2) is 4.98 Å². The molecule has 0 radical (unpaired) electrons. The van der Waals surface area contributed by atoms with Crippen molar-refractivity contribution >= 4 is 22.4 Å². The van der Waals surface area contributed by atoms with Crippen LogP contribution in [0.3, 0.4) is 0 Å². The molecule has 0 fully saturated rings. The van der Waals surface area contributed by atoms with Crippen LogP contribution in [0.1, 0.15) is 0 Å². The van der Waals surface area contributed by atoms with Crippen molar-refractivity contribution in [2.75, 3.05) is 11.9 Å². The molecule has 0 saturated heterocycles. The molecule has 0 saturated carbocycles. The van der Waals surface area contributed by atoms with Crippen LogP contribution in [0, 0.1) is 0 Å². The van der Waals surface area contributed by atoms with Gasteiger partial charge in [-0.05, 0) is 0 Å². The Balaban J connectivity index is 2.48. The maximum absolute atomic E-state index is 10.6. The van der Waals surface area contributed by atoms with E-state index in [4.69, 9.17) is 5.73 Å². The van der Waals surface area contributed by atoms with E-state index in [-0.39, 0.29) is 12.5 Å². The van der Waals surface area contributed by atoms with E-state index in [0.717, 1.165) is 0 Å². The molecule has 0 aliphatic rings. The molecule has 1 heterocycles. The van der Waals surface area contributed by atoms with Gasteiger partial charge in [0.1, 0.15) is 0 Å². The number of hydrogen-bond acceptors (Lipinski definition) is 4. The Kier molecular flexibility index (Phi) is 2.35. The van der Waals surface area contributed by atoms with Crippen molar-refractivity contribution in [3.63, 3.8) is 0 Å². The Morgan fingerprint density at radius 3 is 3.20 bits per heavy atom. The smallest absolute Gasteiger partial charge is 0.239 e. The fourth-order valence-electron chi connectivity index (χ4n) is 0.455. The average Bonchev–Trinajstić information content (AvgIpc) is 2.40. The summed E-state index contributed by atoms with van der Waals surface area (Å²) < 4.78 is 0. The lowest BCUT2D eigenvalue weighted by Crippen LogP contribution is -2.21. The lowest BCUT2D eigenvalue weighted by Gasteiger charge is -1.94. The van der Waals surface area contributed by atoms with E-state index >= 15 is 0 Å². The van der Waals surface area contributed by atoms with Crippen molar-refractivity contribution in [1.82, 2.24) is 4.98 Å². The number of carbonyl (C=O) groups is 1. The number of hydrogen-bond donors (Lipinski definition) is 2. The molecule has 0 bridgehead atoms. The average molecular weight is 157 g/mol. The highest BCUT2D eigenvalue weighted by Crippen LogP contribution is 2.08. The largest absolute Gasteiger partial charge is 0.322 e. The predicted molar refractivity (Wildman–Crippen MR) is 39.8 cm³/mol. The van der Waals surface area contributed by atoms with E-state index in [1.165, 1.54) is 11.3 Å². The highest BCUT2D eigenvalue weighted by atomic mass is 32.1. The monoisotopic (exact) mass is 157 g/mol. The van der Waals surface area contributed by atoms with Gasteiger partial charge in [-0.15, -0.1) is 11.3 Å². The van der Waals surface area contributed by atoms with E-state index in [1.807, 2.05) is 0 Å². The normalized spacial score (nSPS) is 9.30. The molecular formula is C5H7N3OS. The summed E-state index contributed by atoms with van der Waals surface area (Å²) in [6.07, 6.45) is 1.62. The SMILES string of the molecule is NCC(=O)Nc1nccs1. The van der Waals surface area contributed by atoms with Crippen molar-refractivity contribution in [1.29, 1.82) is 0 Å². The molecule has 54 valence electrons. The fourth-order valence-corrected chi connectivity index (χ4v) is 1.00. The number of nitrogens with one attached hydrogen (secondary N) is 1. The third-order valence-electron chi connectivity index (χ3n) is 0.864. The highest BCUT2D eigenvalue weighted by Gasteiger charge is 1.98. The van der Waals surface area contributed by atoms with Crippen molar-refractivity contribution in [2.45, 2.75) is 0 Å². The van der Waals surface area contributed by atoms with E-state index in [9.17, 15) is 4.79 Å². The summed E-state index contributed by atoms with van der Waals surface area (Å²) in [5, 5.41) is 4.89. The van der Waals surface area contributed by atoms with Crippen molar-refractivity contribution in [3.8, 4) is 0 Å². The first-order chi connectivity index (χ1) is 4.83. The second-order valence-electron chi connectivity index (χ2n) is 1.59. The topological polar surface area (TPSA) is 68.0 Å². The molecule has 5 heteroatoms. The molecule has 1 rings (SSSR count). The van der Waals surface area contributed by atoms with Crippen LogP contribution in [-0.4, -0.2) is 17.4 Å². The van der Waals surface area contributed by atoms with Crippen LogP contribution < -0.4 is 11.1 Å². The van der Waals surface area contributed by atoms with Gasteiger partial charge in [0.15, 0.2) is 5.13 Å². The molecule has 1 amide bonds. The molecule has 0 spiro atoms. The maximum Gasteiger partial charge on any atom is 0.239 e. The van der Waals surface area contributed by atoms with Gasteiger partial charge in [-0.2, -0.15) is 0 Å². The number of aromatic nitrogens is 1. The number of amides is 1. The van der Waals surface area contributed by atoms with E-state index < -0.39 is 0 Å². The zero-order valence-electron chi connectivity index (χ0n) is 5.20. The Labute approximate surface area is 62.1 Å². The summed E-state index contributed by atoms with van der Waals surface area (Å²) in [4.78, 5) is 14.4. The third-order valence-corrected chi connectivity index (χ3v) is 1.55. The van der Waals surface area contributed by atoms with E-state index in [0.29, 0.717) is 5.13 Å². The first-order valence-corrected chi connectivity index (χ1v) is 3.60. The Bertz CT molecular complexity index is 209. The Morgan fingerprint density at radius 1 is 1.90 bits per heavy atom. The fraction of sp³-hybridized carbons (Fsp3) is 0.200. The summed E-state index contributed by atoms with van der Waals surface area (Å²) in [6, 6.07) is 0. The van der Waals surface area contributed by atoms with Gasteiger partial charge in [0.2, 0.25) is 5.91 Å². The predicted octanol–water partition coefficient (Wildman–Crippen LogP) is 0.0403. The first-order valence-electron chi connectivity index (χ1n) is 2.72. The van der Waals surface area contributed by atoms with Crippen LogP contribution in [-0.2, 0) is 4.79 Å². The van der Waals surface area contributed by atoms with Gasteiger partial charge in [0.05, 0.1) is 6.54 Å². The van der Waals surface area contributed by atoms with E-state index in [1.54, 1.807) is 11.6 Å². The highest BCUT2D eigenvalue weighted by molar-refractivity contribution is 7.13. The van der Waals surface area contributed by atoms with Gasteiger partial charge in [0, 0.05) is 11.6 Å². The van der Waals surface area contributed by atoms with Gasteiger partial charge >= 0.3 is 0 Å². The number of carbonyl (C=O) groups excluding carboxylic acids is 1. The van der Waals surface area contributed by atoms with Crippen LogP contribution >= 0.6 is 11.3 Å². The number of nitrogens with two attached hydrogens (primary N) is 1. The summed E-state index contributed by atoms with van der Waals surface area (Å²) >= 11 is 1.37. The van der Waals surface area contributed by atoms with Gasteiger partial charge in [-0.3, -0.25) is 4.79 Å². The first kappa shape index (κ1) is 7.17.